The van der Waals surface area contributed by atoms with Crippen LogP contribution in [0.2, 0.25) is 0 Å². The summed E-state index contributed by atoms with van der Waals surface area (Å²) in [5.74, 6) is -1.36. The lowest BCUT2D eigenvalue weighted by atomic mass is 9.80. The third kappa shape index (κ3) is 5.50. The molecular weight excluding hydrogens is 466 g/mol. The van der Waals surface area contributed by atoms with Gasteiger partial charge < -0.3 is 10.1 Å². The largest absolute Gasteiger partial charge is 0.451 e. The highest BCUT2D eigenvalue weighted by Gasteiger charge is 2.49. The lowest BCUT2D eigenvalue weighted by molar-refractivity contribution is -0.161. The topological polar surface area (TPSA) is 91.2 Å². The normalized spacial score (nSPS) is 21.9. The van der Waals surface area contributed by atoms with Crippen molar-refractivity contribution in [2.45, 2.75) is 87.4 Å². The molecule has 1 heterocycles. The molecule has 1 aliphatic heterocycles. The number of carbonyl (C=O) groups is 2. The molecule has 2 N–H and O–H groups in total. The molecule has 188 valence electrons. The molecule has 3 aliphatic rings. The van der Waals surface area contributed by atoms with Gasteiger partial charge in [0, 0.05) is 6.42 Å². The van der Waals surface area contributed by atoms with Crippen LogP contribution >= 0.6 is 0 Å². The Morgan fingerprint density at radius 3 is 2.20 bits per heavy atom. The van der Waals surface area contributed by atoms with Crippen LogP contribution in [0.25, 0.3) is 5.57 Å². The number of hydrogen-bond donors (Lipinski definition) is 2. The van der Waals surface area contributed by atoms with Crippen LogP contribution in [0.1, 0.15) is 69.5 Å². The Labute approximate surface area is 200 Å². The van der Waals surface area contributed by atoms with Gasteiger partial charge in [0.15, 0.2) is 0 Å². The first kappa shape index (κ1) is 25.2. The number of nitrogens with one attached hydrogen (secondary N) is 2. The summed E-state index contributed by atoms with van der Waals surface area (Å²) in [7, 11) is 0. The van der Waals surface area contributed by atoms with E-state index in [1.54, 1.807) is 6.08 Å². The van der Waals surface area contributed by atoms with Crippen molar-refractivity contribution in [3.63, 3.8) is 0 Å². The van der Waals surface area contributed by atoms with Gasteiger partial charge in [-0.25, -0.2) is 9.18 Å². The molecule has 10 heteroatoms. The molecule has 2 saturated carbocycles. The number of alkyl halides is 4. The van der Waals surface area contributed by atoms with Gasteiger partial charge in [-0.2, -0.15) is 18.4 Å². The number of nitrogens with zero attached hydrogens (tertiary/aromatic N) is 1. The zero-order valence-corrected chi connectivity index (χ0v) is 19.5. The highest BCUT2D eigenvalue weighted by molar-refractivity contribution is 6.18. The van der Waals surface area contributed by atoms with E-state index in [9.17, 15) is 32.4 Å². The zero-order chi connectivity index (χ0) is 25.6. The van der Waals surface area contributed by atoms with Crippen LogP contribution in [0, 0.1) is 11.3 Å². The van der Waals surface area contributed by atoms with Gasteiger partial charge in [-0.15, -0.1) is 0 Å². The quantitative estimate of drug-likeness (QED) is 0.413. The first-order valence-electron chi connectivity index (χ1n) is 11.6. The molecule has 0 bridgehead atoms. The summed E-state index contributed by atoms with van der Waals surface area (Å²) < 4.78 is 62.1. The van der Waals surface area contributed by atoms with Gasteiger partial charge in [0.25, 0.3) is 0 Å². The minimum atomic E-state index is -4.80. The maximum atomic E-state index is 14.4. The van der Waals surface area contributed by atoms with E-state index in [0.29, 0.717) is 24.0 Å². The fraction of sp³-hybridized carbons (Fsp3) is 0.560. The molecule has 0 aromatic heterocycles. The first-order chi connectivity index (χ1) is 16.2. The molecule has 6 nitrogen and oxygen atoms in total. The monoisotopic (exact) mass is 493 g/mol. The fourth-order valence-electron chi connectivity index (χ4n) is 4.43. The van der Waals surface area contributed by atoms with Gasteiger partial charge in [-0.3, -0.25) is 10.1 Å². The number of amides is 1. The number of carbonyl (C=O) groups excluding carboxylic acids is 2. The maximum absolute atomic E-state index is 14.4. The van der Waals surface area contributed by atoms with E-state index in [-0.39, 0.29) is 5.56 Å². The third-order valence-corrected chi connectivity index (χ3v) is 6.71. The maximum Gasteiger partial charge on any atom is 0.407 e. The molecule has 0 radical (unpaired) electrons. The van der Waals surface area contributed by atoms with Crippen molar-refractivity contribution in [2.24, 2.45) is 0 Å². The minimum absolute atomic E-state index is 0.192. The van der Waals surface area contributed by atoms with E-state index in [1.165, 1.54) is 38.1 Å². The number of hydrogen-bond acceptors (Lipinski definition) is 5. The molecular formula is C25H27F4N3O3. The highest BCUT2D eigenvalue weighted by atomic mass is 19.4. The van der Waals surface area contributed by atoms with Gasteiger partial charge in [0.1, 0.15) is 22.9 Å². The number of nitriles is 1. The predicted octanol–water partition coefficient (Wildman–Crippen LogP) is 4.42. The molecule has 0 unspecified atom stereocenters. The molecule has 4 rings (SSSR count). The minimum Gasteiger partial charge on any atom is -0.451 e. The highest BCUT2D eigenvalue weighted by Crippen LogP contribution is 2.44. The Hall–Kier alpha value is -2.93. The standard InChI is InChI=1S/C25H27F4N3O3/c1-22(2,26)13-18(20(33)32-23(14-30)10-11-23)31-19(25(27,28)29)16-6-4-15(5-7-16)17-12-24(8-3-9-24)35-21(17)34/h4-7,12,18-19,31H,3,8-11,13H2,1-2H3,(H,32,33)/t18-,19-/m0/s1. The summed E-state index contributed by atoms with van der Waals surface area (Å²) in [6.07, 6.45) is -0.408. The molecule has 1 spiro atoms. The molecule has 1 aromatic carbocycles. The fourth-order valence-corrected chi connectivity index (χ4v) is 4.43. The van der Waals surface area contributed by atoms with Crippen LogP contribution in [0.5, 0.6) is 0 Å². The second-order valence-electron chi connectivity index (χ2n) is 10.3. The Balaban J connectivity index is 1.57. The van der Waals surface area contributed by atoms with Crippen LogP contribution < -0.4 is 10.6 Å². The van der Waals surface area contributed by atoms with Crippen molar-refractivity contribution in [3.05, 3.63) is 41.5 Å². The van der Waals surface area contributed by atoms with Crippen molar-refractivity contribution in [2.75, 3.05) is 0 Å². The molecule has 0 saturated heterocycles. The lowest BCUT2D eigenvalue weighted by Crippen LogP contribution is -2.53. The van der Waals surface area contributed by atoms with Gasteiger partial charge >= 0.3 is 12.1 Å². The summed E-state index contributed by atoms with van der Waals surface area (Å²) in [6.45, 7) is 2.35. The van der Waals surface area contributed by atoms with Gasteiger partial charge in [-0.05, 0) is 63.2 Å². The predicted molar refractivity (Wildman–Crippen MR) is 118 cm³/mol. The molecule has 1 amide bonds. The van der Waals surface area contributed by atoms with E-state index in [2.05, 4.69) is 10.6 Å². The van der Waals surface area contributed by atoms with Crippen molar-refractivity contribution in [1.29, 1.82) is 5.26 Å². The smallest absolute Gasteiger partial charge is 0.407 e. The van der Waals surface area contributed by atoms with Crippen LogP contribution in [0.4, 0.5) is 17.6 Å². The SMILES string of the molecule is CC(C)(F)C[C@H](N[C@@H](c1ccc(C2=CC3(CCC3)OC2=O)cc1)C(F)(F)F)C(=O)NC1(C#N)CC1. The average molecular weight is 494 g/mol. The summed E-state index contributed by atoms with van der Waals surface area (Å²) >= 11 is 0. The van der Waals surface area contributed by atoms with Crippen molar-refractivity contribution < 1.29 is 31.9 Å². The van der Waals surface area contributed by atoms with E-state index in [4.69, 9.17) is 4.74 Å². The van der Waals surface area contributed by atoms with Crippen LogP contribution in [-0.2, 0) is 14.3 Å². The summed E-state index contributed by atoms with van der Waals surface area (Å²) in [6, 6.07) is 3.42. The second-order valence-corrected chi connectivity index (χ2v) is 10.3. The van der Waals surface area contributed by atoms with Crippen LogP contribution in [0.15, 0.2) is 30.3 Å². The first-order valence-corrected chi connectivity index (χ1v) is 11.6. The van der Waals surface area contributed by atoms with Crippen molar-refractivity contribution >= 4 is 17.4 Å². The lowest BCUT2D eigenvalue weighted by Gasteiger charge is -2.34. The molecule has 2 atom stereocenters. The Morgan fingerprint density at radius 1 is 1.14 bits per heavy atom. The number of rotatable bonds is 8. The van der Waals surface area contributed by atoms with Crippen LogP contribution in [0.3, 0.4) is 0 Å². The van der Waals surface area contributed by atoms with E-state index >= 15 is 0 Å². The van der Waals surface area contributed by atoms with E-state index in [1.807, 2.05) is 6.07 Å². The Kier molecular flexibility index (Phi) is 6.20. The average Bonchev–Trinajstić information content (AvgIpc) is 3.41. The summed E-state index contributed by atoms with van der Waals surface area (Å²) in [4.78, 5) is 25.0. The molecule has 2 aliphatic carbocycles. The molecule has 2 fully saturated rings. The Bertz CT molecular complexity index is 1080. The Morgan fingerprint density at radius 2 is 1.77 bits per heavy atom. The zero-order valence-electron chi connectivity index (χ0n) is 19.5. The van der Waals surface area contributed by atoms with Gasteiger partial charge in [-0.1, -0.05) is 24.3 Å². The number of benzene rings is 1. The summed E-state index contributed by atoms with van der Waals surface area (Å²) in [5.41, 5.74) is -3.08. The molecule has 35 heavy (non-hydrogen) atoms. The van der Waals surface area contributed by atoms with Gasteiger partial charge in [0.05, 0.1) is 17.7 Å². The van der Waals surface area contributed by atoms with Crippen molar-refractivity contribution in [3.8, 4) is 6.07 Å². The second kappa shape index (κ2) is 8.63. The molecule has 1 aromatic rings. The van der Waals surface area contributed by atoms with Crippen LogP contribution in [-0.4, -0.2) is 40.9 Å². The van der Waals surface area contributed by atoms with E-state index < -0.39 is 53.4 Å². The number of ether oxygens (including phenoxy) is 1. The number of halogens is 4. The number of esters is 1. The van der Waals surface area contributed by atoms with Gasteiger partial charge in [0.2, 0.25) is 5.91 Å². The van der Waals surface area contributed by atoms with Crippen molar-refractivity contribution in [1.82, 2.24) is 10.6 Å². The summed E-state index contributed by atoms with van der Waals surface area (Å²) in [5, 5.41) is 14.0. The third-order valence-electron chi connectivity index (χ3n) is 6.71. The van der Waals surface area contributed by atoms with E-state index in [0.717, 1.165) is 19.3 Å².